The van der Waals surface area contributed by atoms with Gasteiger partial charge in [-0.2, -0.15) is 10.2 Å². The molecule has 49 heavy (non-hydrogen) atoms. The predicted octanol–water partition coefficient (Wildman–Crippen LogP) is 4.24. The molecule has 0 spiro atoms. The Morgan fingerprint density at radius 3 is 2.57 bits per heavy atom. The van der Waals surface area contributed by atoms with Crippen LogP contribution in [0.5, 0.6) is 11.5 Å². The van der Waals surface area contributed by atoms with Crippen molar-refractivity contribution in [2.24, 2.45) is 39.6 Å². The topological polar surface area (TPSA) is 173 Å². The average Bonchev–Trinajstić information content (AvgIpc) is 3.61. The number of amides is 1. The number of carboxylic acid groups (broad SMARTS) is 1. The average molecular weight is 714 g/mol. The normalized spacial score (nSPS) is 32.4. The highest BCUT2D eigenvalue weighted by molar-refractivity contribution is 7.89. The Hall–Kier alpha value is -3.52. The van der Waals surface area contributed by atoms with Gasteiger partial charge in [0.2, 0.25) is 10.0 Å². The van der Waals surface area contributed by atoms with Gasteiger partial charge in [0.25, 0.3) is 5.91 Å². The minimum atomic E-state index is -3.91. The molecule has 4 bridgehead atoms. The number of carboxylic acids is 1. The summed E-state index contributed by atoms with van der Waals surface area (Å²) in [7, 11) is -0.788. The number of nitrogens with two attached hydrogens (primary N) is 1. The van der Waals surface area contributed by atoms with Crippen LogP contribution in [0.2, 0.25) is 0 Å². The smallest absolute Gasteiger partial charge is 0.309 e. The van der Waals surface area contributed by atoms with E-state index in [1.807, 2.05) is 30.4 Å². The van der Waals surface area contributed by atoms with E-state index in [0.29, 0.717) is 36.3 Å². The van der Waals surface area contributed by atoms with E-state index >= 15 is 0 Å². The fourth-order valence-electron chi connectivity index (χ4n) is 10.2. The van der Waals surface area contributed by atoms with Crippen molar-refractivity contribution < 1.29 is 32.6 Å². The molecule has 8 rings (SSSR count). The fourth-order valence-corrected chi connectivity index (χ4v) is 11.4. The molecule has 1 aromatic carbocycles. The summed E-state index contributed by atoms with van der Waals surface area (Å²) < 4.78 is 42.0. The van der Waals surface area contributed by atoms with Crippen LogP contribution in [0.25, 0.3) is 0 Å². The van der Waals surface area contributed by atoms with Gasteiger partial charge in [0.05, 0.1) is 38.0 Å². The lowest BCUT2D eigenvalue weighted by Crippen LogP contribution is -2.78. The summed E-state index contributed by atoms with van der Waals surface area (Å²) in [6.07, 6.45) is 14.2. The number of sulfonamides is 1. The molecule has 7 unspecified atom stereocenters. The molecule has 0 aromatic heterocycles. The monoisotopic (exact) mass is 713 g/mol. The third-order valence-corrected chi connectivity index (χ3v) is 12.9. The molecule has 4 fully saturated rings. The van der Waals surface area contributed by atoms with E-state index in [-0.39, 0.29) is 61.1 Å². The Morgan fingerprint density at radius 2 is 1.92 bits per heavy atom. The molecule has 4 N–H and O–H groups in total. The molecular formula is C35H44ClN5O7S. The van der Waals surface area contributed by atoms with Gasteiger partial charge in [-0.1, -0.05) is 24.3 Å². The molecule has 7 atom stereocenters. The van der Waals surface area contributed by atoms with Crippen molar-refractivity contribution in [2.45, 2.75) is 61.9 Å². The van der Waals surface area contributed by atoms with Crippen LogP contribution in [0.1, 0.15) is 50.5 Å². The molecule has 6 aliphatic carbocycles. The molecule has 1 amide bonds. The lowest BCUT2D eigenvalue weighted by Gasteiger charge is -2.70. The van der Waals surface area contributed by atoms with Gasteiger partial charge in [-0.15, -0.1) is 12.4 Å². The maximum atomic E-state index is 14.9. The van der Waals surface area contributed by atoms with Crippen molar-refractivity contribution in [1.29, 1.82) is 0 Å². The number of hydrogen-bond acceptors (Lipinski definition) is 9. The number of carbonyl (C=O) groups excluding carboxylic acids is 1. The number of nitrogens with one attached hydrogen (secondary N) is 1. The van der Waals surface area contributed by atoms with Crippen molar-refractivity contribution in [2.75, 3.05) is 33.1 Å². The van der Waals surface area contributed by atoms with E-state index in [9.17, 15) is 23.1 Å². The number of allylic oxidation sites excluding steroid dienone is 5. The first kappa shape index (κ1) is 35.3. The van der Waals surface area contributed by atoms with E-state index in [2.05, 4.69) is 27.1 Å². The van der Waals surface area contributed by atoms with Crippen LogP contribution in [0.3, 0.4) is 0 Å². The van der Waals surface area contributed by atoms with Gasteiger partial charge in [-0.05, 0) is 86.6 Å². The molecular weight excluding hydrogens is 670 g/mol. The Labute approximate surface area is 293 Å². The van der Waals surface area contributed by atoms with Crippen LogP contribution in [-0.2, 0) is 25.0 Å². The van der Waals surface area contributed by atoms with Gasteiger partial charge in [-0.25, -0.2) is 13.1 Å². The molecule has 1 heterocycles. The minimum Gasteiger partial charge on any atom is -0.496 e. The molecule has 1 aliphatic heterocycles. The Morgan fingerprint density at radius 1 is 1.16 bits per heavy atom. The third kappa shape index (κ3) is 5.62. The van der Waals surface area contributed by atoms with Gasteiger partial charge in [0, 0.05) is 35.2 Å². The Kier molecular flexibility index (Phi) is 9.59. The van der Waals surface area contributed by atoms with Crippen molar-refractivity contribution in [1.82, 2.24) is 9.62 Å². The quantitative estimate of drug-likeness (QED) is 0.306. The molecule has 12 nitrogen and oxygen atoms in total. The maximum absolute atomic E-state index is 14.9. The number of halogens is 1. The van der Waals surface area contributed by atoms with Gasteiger partial charge < -0.3 is 25.2 Å². The van der Waals surface area contributed by atoms with Crippen LogP contribution >= 0.6 is 12.4 Å². The zero-order valence-electron chi connectivity index (χ0n) is 27.7. The zero-order chi connectivity index (χ0) is 33.8. The highest BCUT2D eigenvalue weighted by atomic mass is 35.5. The second kappa shape index (κ2) is 13.3. The number of carbonyl (C=O) groups is 2. The standard InChI is InChI=1S/C35H43N5O7S.ClH/c1-46-27-11-6-12-28(47-2)30(27)34-18-21-17-24(31(34)39-48(44,45)16-14-36)29(33(42)43)35(19-21,20-34)40(32(41)25-13-15-37-38-25)26-10-5-8-22-7-3-4-9-23(22)26;/h5-8,10-13,21,23-24,29,31,39H,3-4,9,14-20,36H2,1-2H3,(H,42,43);1H. The second-order valence-electron chi connectivity index (χ2n) is 14.0. The maximum Gasteiger partial charge on any atom is 0.309 e. The van der Waals surface area contributed by atoms with E-state index in [4.69, 9.17) is 15.2 Å². The lowest BCUT2D eigenvalue weighted by atomic mass is 9.39. The summed E-state index contributed by atoms with van der Waals surface area (Å²) in [6, 6.07) is 4.64. The number of ether oxygens (including phenoxy) is 2. The summed E-state index contributed by atoms with van der Waals surface area (Å²) in [6.45, 7) is 0.188. The summed E-state index contributed by atoms with van der Waals surface area (Å²) in [5.74, 6) is -2.55. The number of rotatable bonds is 11. The van der Waals surface area contributed by atoms with Gasteiger partial charge in [0.1, 0.15) is 17.2 Å². The van der Waals surface area contributed by atoms with Crippen molar-refractivity contribution >= 4 is 34.3 Å². The fraction of sp³-hybridized carbons (Fsp3) is 0.543. The predicted molar refractivity (Wildman–Crippen MR) is 185 cm³/mol. The van der Waals surface area contributed by atoms with Gasteiger partial charge in [0.15, 0.2) is 0 Å². The first-order chi connectivity index (χ1) is 23.1. The SMILES string of the molecule is COc1cccc(OC)c1C12CC3CC(C1NS(=O)(=O)CCN)C(C(=O)O)C(N(C(=O)C1=CCN=N1)C1=CC=CC4=CCCCC41)(C3)C2.Cl. The Balaban J connectivity index is 0.00000417. The third-order valence-electron chi connectivity index (χ3n) is 11.5. The molecule has 7 aliphatic rings. The zero-order valence-corrected chi connectivity index (χ0v) is 29.3. The van der Waals surface area contributed by atoms with Crippen LogP contribution in [0.4, 0.5) is 0 Å². The number of aliphatic carboxylic acids is 1. The first-order valence-corrected chi connectivity index (χ1v) is 18.4. The highest BCUT2D eigenvalue weighted by Gasteiger charge is 2.73. The van der Waals surface area contributed by atoms with E-state index < -0.39 is 44.8 Å². The van der Waals surface area contributed by atoms with E-state index in [1.165, 1.54) is 0 Å². The van der Waals surface area contributed by atoms with Crippen LogP contribution in [0.15, 0.2) is 75.8 Å². The second-order valence-corrected chi connectivity index (χ2v) is 15.8. The summed E-state index contributed by atoms with van der Waals surface area (Å²) in [5.41, 5.74) is 6.26. The minimum absolute atomic E-state index is 0. The molecule has 14 heteroatoms. The molecule has 1 aromatic rings. The Bertz CT molecular complexity index is 1770. The molecule has 4 saturated carbocycles. The number of fused-ring (bicyclic) bond motifs is 1. The van der Waals surface area contributed by atoms with E-state index in [1.54, 1.807) is 25.2 Å². The number of benzene rings is 1. The highest BCUT2D eigenvalue weighted by Crippen LogP contribution is 2.69. The summed E-state index contributed by atoms with van der Waals surface area (Å²) in [5, 5.41) is 19.5. The van der Waals surface area contributed by atoms with Gasteiger partial charge in [-0.3, -0.25) is 9.59 Å². The number of hydrogen-bond donors (Lipinski definition) is 3. The summed E-state index contributed by atoms with van der Waals surface area (Å²) in [4.78, 5) is 30.5. The molecule has 0 saturated heterocycles. The number of methoxy groups -OCH3 is 2. The van der Waals surface area contributed by atoms with E-state index in [0.717, 1.165) is 30.5 Å². The largest absolute Gasteiger partial charge is 0.496 e. The molecule has 264 valence electrons. The van der Waals surface area contributed by atoms with Gasteiger partial charge >= 0.3 is 5.97 Å². The van der Waals surface area contributed by atoms with Crippen molar-refractivity contribution in [3.05, 3.63) is 71.1 Å². The van der Waals surface area contributed by atoms with Crippen molar-refractivity contribution in [3.63, 3.8) is 0 Å². The molecule has 0 radical (unpaired) electrons. The number of nitrogens with zero attached hydrogens (tertiary/aromatic N) is 3. The number of azo groups is 1. The van der Waals surface area contributed by atoms with Crippen LogP contribution in [0, 0.1) is 23.7 Å². The lowest BCUT2D eigenvalue weighted by molar-refractivity contribution is -0.186. The first-order valence-electron chi connectivity index (χ1n) is 16.7. The summed E-state index contributed by atoms with van der Waals surface area (Å²) >= 11 is 0. The van der Waals surface area contributed by atoms with Crippen LogP contribution in [-0.4, -0.2) is 74.9 Å². The van der Waals surface area contributed by atoms with Crippen LogP contribution < -0.4 is 19.9 Å². The van der Waals surface area contributed by atoms with Crippen molar-refractivity contribution in [3.8, 4) is 11.5 Å².